The molecule has 2 aliphatic carbocycles. The number of rotatable bonds is 2. The Morgan fingerprint density at radius 2 is 1.88 bits per heavy atom. The van der Waals surface area contributed by atoms with Crippen LogP contribution in [0.2, 0.25) is 0 Å². The molecule has 0 amide bonds. The van der Waals surface area contributed by atoms with Crippen LogP contribution in [0.25, 0.3) is 0 Å². The monoisotopic (exact) mass is 222 g/mol. The summed E-state index contributed by atoms with van der Waals surface area (Å²) in [6.07, 6.45) is 10.4. The minimum Gasteiger partial charge on any atom is -0.0651 e. The molecule has 16 heavy (non-hydrogen) atoms. The van der Waals surface area contributed by atoms with Crippen molar-refractivity contribution in [3.63, 3.8) is 0 Å². The third-order valence-corrected chi connectivity index (χ3v) is 6.16. The van der Waals surface area contributed by atoms with Crippen LogP contribution in [-0.4, -0.2) is 0 Å². The van der Waals surface area contributed by atoms with E-state index >= 15 is 0 Å². The highest BCUT2D eigenvalue weighted by Crippen LogP contribution is 2.56. The zero-order valence-electron chi connectivity index (χ0n) is 11.8. The van der Waals surface area contributed by atoms with Gasteiger partial charge in [0.1, 0.15) is 0 Å². The molecule has 5 atom stereocenters. The number of hydrogen-bond acceptors (Lipinski definition) is 0. The molecule has 0 spiro atoms. The predicted octanol–water partition coefficient (Wildman–Crippen LogP) is 5.28. The minimum atomic E-state index is 0.733. The second-order valence-electron chi connectivity index (χ2n) is 6.77. The van der Waals surface area contributed by atoms with Crippen LogP contribution >= 0.6 is 0 Å². The standard InChI is InChI=1S/C16H30/c1-5-14-10-13(4)15-11-16(14,6-2)9-7-8-12(15)3/h12-15H,5-11H2,1-4H3. The first-order valence-electron chi connectivity index (χ1n) is 7.63. The lowest BCUT2D eigenvalue weighted by molar-refractivity contribution is 0.00715. The van der Waals surface area contributed by atoms with Gasteiger partial charge in [-0.2, -0.15) is 0 Å². The van der Waals surface area contributed by atoms with E-state index in [0.717, 1.165) is 29.1 Å². The smallest absolute Gasteiger partial charge is 0.0269 e. The van der Waals surface area contributed by atoms with Gasteiger partial charge in [-0.3, -0.25) is 0 Å². The lowest BCUT2D eigenvalue weighted by Crippen LogP contribution is -2.40. The Morgan fingerprint density at radius 1 is 1.12 bits per heavy atom. The summed E-state index contributed by atoms with van der Waals surface area (Å²) in [4.78, 5) is 0. The highest BCUT2D eigenvalue weighted by atomic mass is 14.5. The van der Waals surface area contributed by atoms with E-state index in [9.17, 15) is 0 Å². The van der Waals surface area contributed by atoms with Crippen molar-refractivity contribution in [2.45, 2.75) is 72.6 Å². The Hall–Kier alpha value is 0. The van der Waals surface area contributed by atoms with E-state index in [1.165, 1.54) is 38.5 Å². The van der Waals surface area contributed by atoms with Crippen molar-refractivity contribution in [3.05, 3.63) is 0 Å². The van der Waals surface area contributed by atoms with Crippen LogP contribution in [0.15, 0.2) is 0 Å². The molecule has 0 aromatic rings. The molecular weight excluding hydrogens is 192 g/mol. The van der Waals surface area contributed by atoms with Gasteiger partial charge in [0.2, 0.25) is 0 Å². The summed E-state index contributed by atoms with van der Waals surface area (Å²) in [7, 11) is 0. The summed E-state index contributed by atoms with van der Waals surface area (Å²) >= 11 is 0. The maximum absolute atomic E-state index is 2.52. The van der Waals surface area contributed by atoms with E-state index in [-0.39, 0.29) is 0 Å². The van der Waals surface area contributed by atoms with Gasteiger partial charge in [0.15, 0.2) is 0 Å². The van der Waals surface area contributed by atoms with Crippen LogP contribution in [0.1, 0.15) is 72.6 Å². The topological polar surface area (TPSA) is 0 Å². The molecule has 2 aliphatic rings. The van der Waals surface area contributed by atoms with Crippen molar-refractivity contribution in [3.8, 4) is 0 Å². The summed E-state index contributed by atoms with van der Waals surface area (Å²) in [6, 6.07) is 0. The molecule has 2 rings (SSSR count). The lowest BCUT2D eigenvalue weighted by atomic mass is 9.56. The van der Waals surface area contributed by atoms with Crippen LogP contribution in [0.4, 0.5) is 0 Å². The largest absolute Gasteiger partial charge is 0.0651 e. The summed E-state index contributed by atoms with van der Waals surface area (Å²) in [5.74, 6) is 4.03. The first kappa shape index (κ1) is 12.5. The first-order chi connectivity index (χ1) is 7.63. The van der Waals surface area contributed by atoms with Crippen molar-refractivity contribution in [2.24, 2.45) is 29.1 Å². The fourth-order valence-electron chi connectivity index (χ4n) is 4.98. The Labute approximate surface area is 102 Å². The van der Waals surface area contributed by atoms with Crippen molar-refractivity contribution in [1.29, 1.82) is 0 Å². The lowest BCUT2D eigenvalue weighted by Gasteiger charge is -2.49. The second-order valence-corrected chi connectivity index (χ2v) is 6.77. The SMILES string of the molecule is CCC1CC(C)C2CC1(CC)CCCC2C. The molecule has 0 nitrogen and oxygen atoms in total. The molecule has 0 N–H and O–H groups in total. The van der Waals surface area contributed by atoms with Gasteiger partial charge in [-0.25, -0.2) is 0 Å². The van der Waals surface area contributed by atoms with E-state index in [2.05, 4.69) is 27.7 Å². The van der Waals surface area contributed by atoms with Crippen molar-refractivity contribution in [2.75, 3.05) is 0 Å². The van der Waals surface area contributed by atoms with Gasteiger partial charge < -0.3 is 0 Å². The quantitative estimate of drug-likeness (QED) is 0.596. The van der Waals surface area contributed by atoms with E-state index in [4.69, 9.17) is 0 Å². The first-order valence-corrected chi connectivity index (χ1v) is 7.63. The van der Waals surface area contributed by atoms with Gasteiger partial charge >= 0.3 is 0 Å². The highest BCUT2D eigenvalue weighted by Gasteiger charge is 2.46. The third kappa shape index (κ3) is 1.93. The molecule has 0 heteroatoms. The van der Waals surface area contributed by atoms with Crippen LogP contribution < -0.4 is 0 Å². The summed E-state index contributed by atoms with van der Waals surface area (Å²) in [5, 5.41) is 0. The van der Waals surface area contributed by atoms with Crippen LogP contribution in [0.5, 0.6) is 0 Å². The summed E-state index contributed by atoms with van der Waals surface area (Å²) in [6.45, 7) is 9.91. The highest BCUT2D eigenvalue weighted by molar-refractivity contribution is 4.96. The molecule has 0 radical (unpaired) electrons. The molecule has 2 saturated carbocycles. The second kappa shape index (κ2) is 4.70. The molecule has 0 heterocycles. The predicted molar refractivity (Wildman–Crippen MR) is 71.4 cm³/mol. The van der Waals surface area contributed by atoms with Crippen LogP contribution in [-0.2, 0) is 0 Å². The fourth-order valence-corrected chi connectivity index (χ4v) is 4.98. The molecule has 5 unspecified atom stereocenters. The van der Waals surface area contributed by atoms with Crippen LogP contribution in [0.3, 0.4) is 0 Å². The zero-order chi connectivity index (χ0) is 11.8. The number of hydrogen-bond donors (Lipinski definition) is 0. The van der Waals surface area contributed by atoms with Gasteiger partial charge in [0, 0.05) is 0 Å². The van der Waals surface area contributed by atoms with Gasteiger partial charge in [-0.15, -0.1) is 0 Å². The van der Waals surface area contributed by atoms with Crippen LogP contribution in [0, 0.1) is 29.1 Å². The molecule has 0 aromatic carbocycles. The Kier molecular flexibility index (Phi) is 3.66. The van der Waals surface area contributed by atoms with E-state index in [1.54, 1.807) is 6.42 Å². The van der Waals surface area contributed by atoms with Gasteiger partial charge in [-0.1, -0.05) is 53.4 Å². The Bertz CT molecular complexity index is 232. The average Bonchev–Trinajstić information content (AvgIpc) is 2.44. The maximum atomic E-state index is 2.52. The number of fused-ring (bicyclic) bond motifs is 2. The maximum Gasteiger partial charge on any atom is -0.0269 e. The summed E-state index contributed by atoms with van der Waals surface area (Å²) < 4.78 is 0. The Balaban J connectivity index is 2.25. The summed E-state index contributed by atoms with van der Waals surface area (Å²) in [5.41, 5.74) is 0.733. The van der Waals surface area contributed by atoms with Gasteiger partial charge in [-0.05, 0) is 48.3 Å². The van der Waals surface area contributed by atoms with E-state index < -0.39 is 0 Å². The van der Waals surface area contributed by atoms with Crippen molar-refractivity contribution >= 4 is 0 Å². The fraction of sp³-hybridized carbons (Fsp3) is 1.00. The van der Waals surface area contributed by atoms with E-state index in [1.807, 2.05) is 0 Å². The zero-order valence-corrected chi connectivity index (χ0v) is 11.8. The Morgan fingerprint density at radius 3 is 2.50 bits per heavy atom. The molecule has 2 fully saturated rings. The average molecular weight is 222 g/mol. The minimum absolute atomic E-state index is 0.733. The molecular formula is C16H30. The van der Waals surface area contributed by atoms with E-state index in [0.29, 0.717) is 0 Å². The molecule has 0 aromatic heterocycles. The van der Waals surface area contributed by atoms with Crippen molar-refractivity contribution < 1.29 is 0 Å². The molecule has 0 saturated heterocycles. The molecule has 2 bridgehead atoms. The van der Waals surface area contributed by atoms with Crippen molar-refractivity contribution in [1.82, 2.24) is 0 Å². The van der Waals surface area contributed by atoms with Gasteiger partial charge in [0.05, 0.1) is 0 Å². The van der Waals surface area contributed by atoms with Gasteiger partial charge in [0.25, 0.3) is 0 Å². The normalized spacial score (nSPS) is 48.8. The third-order valence-electron chi connectivity index (χ3n) is 6.16. The molecule has 94 valence electrons. The molecule has 0 aliphatic heterocycles.